The molecule has 0 radical (unpaired) electrons. The average molecular weight is 387 g/mol. The number of amides is 1. The molecule has 1 atom stereocenters. The van der Waals surface area contributed by atoms with Crippen molar-refractivity contribution in [3.8, 4) is 0 Å². The minimum absolute atomic E-state index is 0.0463. The zero-order chi connectivity index (χ0) is 19.8. The first kappa shape index (κ1) is 17.6. The van der Waals surface area contributed by atoms with Gasteiger partial charge in [0, 0.05) is 17.5 Å². The van der Waals surface area contributed by atoms with Crippen molar-refractivity contribution >= 4 is 17.0 Å². The summed E-state index contributed by atoms with van der Waals surface area (Å²) in [6, 6.07) is 12.0. The van der Waals surface area contributed by atoms with Gasteiger partial charge in [-0.15, -0.1) is 0 Å². The summed E-state index contributed by atoms with van der Waals surface area (Å²) >= 11 is 0. The van der Waals surface area contributed by atoms with E-state index in [0.29, 0.717) is 11.3 Å². The van der Waals surface area contributed by atoms with Gasteiger partial charge in [0.2, 0.25) is 0 Å². The zero-order valence-corrected chi connectivity index (χ0v) is 16.1. The molecule has 0 spiro atoms. The van der Waals surface area contributed by atoms with E-state index in [1.165, 1.54) is 17.5 Å². The first-order valence-electron chi connectivity index (χ1n) is 9.80. The van der Waals surface area contributed by atoms with Crippen molar-refractivity contribution in [1.29, 1.82) is 0 Å². The molecule has 7 nitrogen and oxygen atoms in total. The molecule has 29 heavy (non-hydrogen) atoms. The number of fused-ring (bicyclic) bond motifs is 2. The van der Waals surface area contributed by atoms with E-state index in [9.17, 15) is 4.79 Å². The number of hydrogen-bond acceptors (Lipinski definition) is 5. The third-order valence-corrected chi connectivity index (χ3v) is 5.52. The van der Waals surface area contributed by atoms with E-state index in [1.807, 2.05) is 31.3 Å². The Balaban J connectivity index is 1.37. The molecule has 0 saturated heterocycles. The SMILES string of the molecule is Cc1noc2ncc(C(=O)NC3CCCc4c3cnn4Cc3ccccc3)cc12. The number of rotatable bonds is 4. The van der Waals surface area contributed by atoms with E-state index in [-0.39, 0.29) is 11.9 Å². The Morgan fingerprint density at radius 1 is 1.28 bits per heavy atom. The second-order valence-electron chi connectivity index (χ2n) is 7.45. The lowest BCUT2D eigenvalue weighted by molar-refractivity contribution is 0.0932. The lowest BCUT2D eigenvalue weighted by Gasteiger charge is -2.24. The number of nitrogens with zero attached hydrogens (tertiary/aromatic N) is 4. The van der Waals surface area contributed by atoms with E-state index in [0.717, 1.165) is 42.5 Å². The Hall–Kier alpha value is -3.48. The molecule has 0 fully saturated rings. The minimum Gasteiger partial charge on any atom is -0.345 e. The van der Waals surface area contributed by atoms with Gasteiger partial charge in [0.05, 0.1) is 35.4 Å². The molecule has 0 aliphatic heterocycles. The monoisotopic (exact) mass is 387 g/mol. The molecule has 1 N–H and O–H groups in total. The van der Waals surface area contributed by atoms with Crippen LogP contribution in [0.4, 0.5) is 0 Å². The van der Waals surface area contributed by atoms with Crippen LogP contribution in [0.1, 0.15) is 51.8 Å². The highest BCUT2D eigenvalue weighted by atomic mass is 16.5. The minimum atomic E-state index is -0.145. The maximum absolute atomic E-state index is 12.9. The topological polar surface area (TPSA) is 85.8 Å². The van der Waals surface area contributed by atoms with E-state index in [2.05, 4.69) is 37.4 Å². The summed E-state index contributed by atoms with van der Waals surface area (Å²) in [6.07, 6.45) is 6.32. The van der Waals surface area contributed by atoms with Crippen LogP contribution in [-0.4, -0.2) is 25.8 Å². The van der Waals surface area contributed by atoms with Crippen LogP contribution in [0.3, 0.4) is 0 Å². The van der Waals surface area contributed by atoms with Crippen LogP contribution >= 0.6 is 0 Å². The van der Waals surface area contributed by atoms with Crippen LogP contribution in [0.5, 0.6) is 0 Å². The van der Waals surface area contributed by atoms with E-state index >= 15 is 0 Å². The first-order valence-corrected chi connectivity index (χ1v) is 9.80. The van der Waals surface area contributed by atoms with E-state index < -0.39 is 0 Å². The molecular weight excluding hydrogens is 366 g/mol. The lowest BCUT2D eigenvalue weighted by atomic mass is 9.92. The molecule has 0 saturated carbocycles. The Labute approximate surface area is 167 Å². The van der Waals surface area contributed by atoms with Gasteiger partial charge in [0.25, 0.3) is 11.6 Å². The van der Waals surface area contributed by atoms with Gasteiger partial charge in [-0.3, -0.25) is 9.48 Å². The largest absolute Gasteiger partial charge is 0.345 e. The maximum Gasteiger partial charge on any atom is 0.257 e. The van der Waals surface area contributed by atoms with Crippen molar-refractivity contribution < 1.29 is 9.32 Å². The zero-order valence-electron chi connectivity index (χ0n) is 16.1. The van der Waals surface area contributed by atoms with Crippen molar-refractivity contribution in [3.05, 3.63) is 76.9 Å². The highest BCUT2D eigenvalue weighted by Crippen LogP contribution is 2.30. The van der Waals surface area contributed by atoms with Crippen LogP contribution in [0, 0.1) is 6.92 Å². The molecule has 1 amide bonds. The molecule has 3 heterocycles. The molecule has 7 heteroatoms. The molecule has 1 aliphatic rings. The summed E-state index contributed by atoms with van der Waals surface area (Å²) in [6.45, 7) is 2.58. The number of pyridine rings is 1. The number of aryl methyl sites for hydroxylation is 1. The Morgan fingerprint density at radius 3 is 3.00 bits per heavy atom. The van der Waals surface area contributed by atoms with Crippen LogP contribution < -0.4 is 5.32 Å². The summed E-state index contributed by atoms with van der Waals surface area (Å²) in [5.41, 5.74) is 5.20. The van der Waals surface area contributed by atoms with Gasteiger partial charge < -0.3 is 9.84 Å². The van der Waals surface area contributed by atoms with Crippen molar-refractivity contribution in [3.63, 3.8) is 0 Å². The fourth-order valence-corrected chi connectivity index (χ4v) is 3.97. The average Bonchev–Trinajstić information content (AvgIpc) is 3.33. The fraction of sp³-hybridized carbons (Fsp3) is 0.273. The number of benzene rings is 1. The first-order chi connectivity index (χ1) is 14.2. The predicted molar refractivity (Wildman–Crippen MR) is 107 cm³/mol. The number of hydrogen-bond donors (Lipinski definition) is 1. The summed E-state index contributed by atoms with van der Waals surface area (Å²) in [7, 11) is 0. The standard InChI is InChI=1S/C22H21N5O2/c1-14-17-10-16(11-23-22(17)29-26-14)21(28)25-19-8-5-9-20-18(19)12-24-27(20)13-15-6-3-2-4-7-15/h2-4,6-7,10-12,19H,5,8-9,13H2,1H3,(H,25,28). The van der Waals surface area contributed by atoms with E-state index in [1.54, 1.807) is 6.07 Å². The van der Waals surface area contributed by atoms with Crippen LogP contribution in [-0.2, 0) is 13.0 Å². The maximum atomic E-state index is 12.9. The van der Waals surface area contributed by atoms with Gasteiger partial charge in [0.1, 0.15) is 0 Å². The van der Waals surface area contributed by atoms with Crippen LogP contribution in [0.2, 0.25) is 0 Å². The van der Waals surface area contributed by atoms with Crippen LogP contribution in [0.25, 0.3) is 11.1 Å². The highest BCUT2D eigenvalue weighted by molar-refractivity contribution is 5.97. The molecule has 1 unspecified atom stereocenters. The molecule has 4 aromatic rings. The molecule has 146 valence electrons. The summed E-state index contributed by atoms with van der Waals surface area (Å²) in [4.78, 5) is 17.1. The number of nitrogens with one attached hydrogen (secondary N) is 1. The summed E-state index contributed by atoms with van der Waals surface area (Å²) < 4.78 is 7.18. The second kappa shape index (κ2) is 7.16. The van der Waals surface area contributed by atoms with Gasteiger partial charge in [-0.25, -0.2) is 4.98 Å². The van der Waals surface area contributed by atoms with Gasteiger partial charge in [-0.05, 0) is 37.8 Å². The van der Waals surface area contributed by atoms with Crippen molar-refractivity contribution in [1.82, 2.24) is 25.2 Å². The third kappa shape index (κ3) is 3.29. The predicted octanol–water partition coefficient (Wildman–Crippen LogP) is 3.58. The molecule has 3 aromatic heterocycles. The molecule has 5 rings (SSSR count). The highest BCUT2D eigenvalue weighted by Gasteiger charge is 2.26. The summed E-state index contributed by atoms with van der Waals surface area (Å²) in [5, 5.41) is 12.4. The Morgan fingerprint density at radius 2 is 2.14 bits per heavy atom. The number of carbonyl (C=O) groups excluding carboxylic acids is 1. The Kier molecular flexibility index (Phi) is 4.35. The van der Waals surface area contributed by atoms with E-state index in [4.69, 9.17) is 4.52 Å². The molecule has 1 aromatic carbocycles. The molecule has 1 aliphatic carbocycles. The van der Waals surface area contributed by atoms with Gasteiger partial charge in [0.15, 0.2) is 0 Å². The fourth-order valence-electron chi connectivity index (χ4n) is 3.97. The Bertz CT molecular complexity index is 1180. The summed E-state index contributed by atoms with van der Waals surface area (Å²) in [5.74, 6) is -0.145. The second-order valence-corrected chi connectivity index (χ2v) is 7.45. The van der Waals surface area contributed by atoms with Gasteiger partial charge >= 0.3 is 0 Å². The van der Waals surface area contributed by atoms with Crippen LogP contribution in [0.15, 0.2) is 53.3 Å². The lowest BCUT2D eigenvalue weighted by Crippen LogP contribution is -2.31. The number of aromatic nitrogens is 4. The van der Waals surface area contributed by atoms with Crippen molar-refractivity contribution in [2.45, 2.75) is 38.8 Å². The van der Waals surface area contributed by atoms with Crippen molar-refractivity contribution in [2.75, 3.05) is 0 Å². The normalized spacial score (nSPS) is 16.0. The molecular formula is C22H21N5O2. The smallest absolute Gasteiger partial charge is 0.257 e. The van der Waals surface area contributed by atoms with Crippen molar-refractivity contribution in [2.24, 2.45) is 0 Å². The molecule has 0 bridgehead atoms. The van der Waals surface area contributed by atoms with Gasteiger partial charge in [-0.2, -0.15) is 5.10 Å². The number of carbonyl (C=O) groups is 1. The third-order valence-electron chi connectivity index (χ3n) is 5.52. The quantitative estimate of drug-likeness (QED) is 0.578. The van der Waals surface area contributed by atoms with Gasteiger partial charge in [-0.1, -0.05) is 35.5 Å².